The minimum atomic E-state index is -0.455. The van der Waals surface area contributed by atoms with E-state index in [2.05, 4.69) is 34.4 Å². The smallest absolute Gasteiger partial charge is 0.191 e. The Kier molecular flexibility index (Phi) is 8.77. The van der Waals surface area contributed by atoms with Crippen LogP contribution in [-0.2, 0) is 0 Å². The Morgan fingerprint density at radius 1 is 1.24 bits per heavy atom. The van der Waals surface area contributed by atoms with Gasteiger partial charge in [-0.1, -0.05) is 37.3 Å². The van der Waals surface area contributed by atoms with Gasteiger partial charge in [-0.3, -0.25) is 4.99 Å². The van der Waals surface area contributed by atoms with E-state index >= 15 is 0 Å². The second-order valence-corrected chi connectivity index (χ2v) is 6.93. The molecule has 5 heteroatoms. The molecular weight excluding hydrogens is 312 g/mol. The van der Waals surface area contributed by atoms with Crippen LogP contribution in [0, 0.1) is 5.92 Å². The Balaban J connectivity index is 1.70. The van der Waals surface area contributed by atoms with Crippen molar-refractivity contribution in [1.82, 2.24) is 15.5 Å². The lowest BCUT2D eigenvalue weighted by atomic mass is 9.99. The van der Waals surface area contributed by atoms with Crippen molar-refractivity contribution in [3.63, 3.8) is 0 Å². The lowest BCUT2D eigenvalue weighted by Crippen LogP contribution is -2.43. The minimum absolute atomic E-state index is 0.455. The maximum absolute atomic E-state index is 10.2. The molecule has 0 saturated carbocycles. The van der Waals surface area contributed by atoms with Crippen molar-refractivity contribution in [2.45, 2.75) is 39.2 Å². The van der Waals surface area contributed by atoms with Crippen LogP contribution in [-0.4, -0.2) is 55.2 Å². The molecule has 1 aliphatic rings. The highest BCUT2D eigenvalue weighted by Gasteiger charge is 2.15. The highest BCUT2D eigenvalue weighted by atomic mass is 16.3. The molecule has 0 aromatic heterocycles. The fraction of sp³-hybridized carbons (Fsp3) is 0.650. The second kappa shape index (κ2) is 11.1. The van der Waals surface area contributed by atoms with E-state index < -0.39 is 6.10 Å². The van der Waals surface area contributed by atoms with Gasteiger partial charge >= 0.3 is 0 Å². The number of aliphatic hydroxyl groups is 1. The number of likely N-dealkylation sites (tertiary alicyclic amines) is 1. The number of aliphatic imine (C=N–C) groups is 1. The van der Waals surface area contributed by atoms with E-state index in [1.54, 1.807) is 0 Å². The summed E-state index contributed by atoms with van der Waals surface area (Å²) in [6, 6.07) is 9.78. The van der Waals surface area contributed by atoms with Crippen LogP contribution in [0.3, 0.4) is 0 Å². The number of hydrogen-bond donors (Lipinski definition) is 3. The van der Waals surface area contributed by atoms with E-state index in [-0.39, 0.29) is 0 Å². The molecule has 1 fully saturated rings. The summed E-state index contributed by atoms with van der Waals surface area (Å²) in [6.45, 7) is 10.2. The number of nitrogens with zero attached hydrogens (tertiary/aromatic N) is 2. The van der Waals surface area contributed by atoms with Crippen molar-refractivity contribution in [3.8, 4) is 0 Å². The molecule has 1 aliphatic heterocycles. The van der Waals surface area contributed by atoms with Gasteiger partial charge in [-0.05, 0) is 50.8 Å². The molecular formula is C20H34N4O. The number of guanidine groups is 1. The Bertz CT molecular complexity index is 498. The van der Waals surface area contributed by atoms with Crippen LogP contribution in [0.2, 0.25) is 0 Å². The molecule has 0 spiro atoms. The molecule has 1 heterocycles. The average molecular weight is 347 g/mol. The SMILES string of the molecule is CCNC(=NCCC(O)c1ccccc1)NCCN1CCC(C)CC1. The Hall–Kier alpha value is -1.59. The maximum Gasteiger partial charge on any atom is 0.191 e. The second-order valence-electron chi connectivity index (χ2n) is 6.93. The van der Waals surface area contributed by atoms with Crippen LogP contribution in [0.15, 0.2) is 35.3 Å². The molecule has 0 radical (unpaired) electrons. The lowest BCUT2D eigenvalue weighted by Gasteiger charge is -2.30. The summed E-state index contributed by atoms with van der Waals surface area (Å²) in [5, 5.41) is 16.9. The summed E-state index contributed by atoms with van der Waals surface area (Å²) in [4.78, 5) is 7.11. The van der Waals surface area contributed by atoms with Crippen LogP contribution < -0.4 is 10.6 Å². The van der Waals surface area contributed by atoms with Crippen molar-refractivity contribution in [1.29, 1.82) is 0 Å². The van der Waals surface area contributed by atoms with Crippen molar-refractivity contribution in [2.24, 2.45) is 10.9 Å². The van der Waals surface area contributed by atoms with Crippen LogP contribution in [0.5, 0.6) is 0 Å². The molecule has 1 saturated heterocycles. The number of benzene rings is 1. The third-order valence-corrected chi connectivity index (χ3v) is 4.80. The highest BCUT2D eigenvalue weighted by Crippen LogP contribution is 2.16. The summed E-state index contributed by atoms with van der Waals surface area (Å²) in [6.07, 6.45) is 2.80. The topological polar surface area (TPSA) is 59.9 Å². The first-order valence-electron chi connectivity index (χ1n) is 9.66. The van der Waals surface area contributed by atoms with Gasteiger partial charge in [-0.25, -0.2) is 0 Å². The van der Waals surface area contributed by atoms with Crippen LogP contribution in [0.1, 0.15) is 44.8 Å². The number of rotatable bonds is 8. The van der Waals surface area contributed by atoms with Gasteiger partial charge < -0.3 is 20.6 Å². The number of hydrogen-bond acceptors (Lipinski definition) is 3. The standard InChI is InChI=1S/C20H34N4O/c1-3-21-20(23-13-16-24-14-10-17(2)11-15-24)22-12-9-19(25)18-7-5-4-6-8-18/h4-8,17,19,25H,3,9-16H2,1-2H3,(H2,21,22,23). The first-order valence-corrected chi connectivity index (χ1v) is 9.66. The van der Waals surface area contributed by atoms with Crippen molar-refractivity contribution < 1.29 is 5.11 Å². The molecule has 1 aromatic carbocycles. The Morgan fingerprint density at radius 2 is 1.96 bits per heavy atom. The van der Waals surface area contributed by atoms with Gasteiger partial charge in [0.05, 0.1) is 6.10 Å². The largest absolute Gasteiger partial charge is 0.388 e. The van der Waals surface area contributed by atoms with Crippen LogP contribution in [0.25, 0.3) is 0 Å². The lowest BCUT2D eigenvalue weighted by molar-refractivity contribution is 0.170. The van der Waals surface area contributed by atoms with Crippen molar-refractivity contribution in [3.05, 3.63) is 35.9 Å². The first-order chi connectivity index (χ1) is 12.2. The quantitative estimate of drug-likeness (QED) is 0.500. The Morgan fingerprint density at radius 3 is 2.64 bits per heavy atom. The van der Waals surface area contributed by atoms with Gasteiger partial charge in [0.25, 0.3) is 0 Å². The number of piperidine rings is 1. The normalized spacial score (nSPS) is 18.1. The Labute approximate surface area is 152 Å². The monoisotopic (exact) mass is 346 g/mol. The molecule has 5 nitrogen and oxygen atoms in total. The minimum Gasteiger partial charge on any atom is -0.388 e. The highest BCUT2D eigenvalue weighted by molar-refractivity contribution is 5.79. The van der Waals surface area contributed by atoms with E-state index in [1.165, 1.54) is 25.9 Å². The molecule has 2 rings (SSSR count). The molecule has 0 amide bonds. The fourth-order valence-electron chi connectivity index (χ4n) is 3.10. The number of nitrogens with one attached hydrogen (secondary N) is 2. The molecule has 1 unspecified atom stereocenters. The molecule has 3 N–H and O–H groups in total. The van der Waals surface area contributed by atoms with Crippen molar-refractivity contribution >= 4 is 5.96 Å². The van der Waals surface area contributed by atoms with Gasteiger partial charge in [0.2, 0.25) is 0 Å². The van der Waals surface area contributed by atoms with E-state index in [4.69, 9.17) is 0 Å². The summed E-state index contributed by atoms with van der Waals surface area (Å²) in [7, 11) is 0. The summed E-state index contributed by atoms with van der Waals surface area (Å²) >= 11 is 0. The van der Waals surface area contributed by atoms with Crippen LogP contribution in [0.4, 0.5) is 0 Å². The molecule has 0 aliphatic carbocycles. The zero-order valence-corrected chi connectivity index (χ0v) is 15.7. The van der Waals surface area contributed by atoms with E-state index in [9.17, 15) is 5.11 Å². The van der Waals surface area contributed by atoms with E-state index in [0.29, 0.717) is 13.0 Å². The molecule has 25 heavy (non-hydrogen) atoms. The third-order valence-electron chi connectivity index (χ3n) is 4.80. The molecule has 1 atom stereocenters. The first kappa shape index (κ1) is 19.7. The van der Waals surface area contributed by atoms with Gasteiger partial charge in [-0.2, -0.15) is 0 Å². The average Bonchev–Trinajstić information content (AvgIpc) is 2.64. The van der Waals surface area contributed by atoms with Gasteiger partial charge in [-0.15, -0.1) is 0 Å². The third kappa shape index (κ3) is 7.45. The predicted octanol–water partition coefficient (Wildman–Crippen LogP) is 2.40. The summed E-state index contributed by atoms with van der Waals surface area (Å²) in [5.74, 6) is 1.72. The zero-order chi connectivity index (χ0) is 17.9. The predicted molar refractivity (Wildman–Crippen MR) is 105 cm³/mol. The van der Waals surface area contributed by atoms with Gasteiger partial charge in [0.1, 0.15) is 0 Å². The molecule has 140 valence electrons. The molecule has 1 aromatic rings. The molecule has 0 bridgehead atoms. The van der Waals surface area contributed by atoms with E-state index in [0.717, 1.165) is 37.1 Å². The summed E-state index contributed by atoms with van der Waals surface area (Å²) < 4.78 is 0. The van der Waals surface area contributed by atoms with Crippen molar-refractivity contribution in [2.75, 3.05) is 39.3 Å². The summed E-state index contributed by atoms with van der Waals surface area (Å²) in [5.41, 5.74) is 0.954. The number of aliphatic hydroxyl groups excluding tert-OH is 1. The van der Waals surface area contributed by atoms with Gasteiger partial charge in [0.15, 0.2) is 5.96 Å². The zero-order valence-electron chi connectivity index (χ0n) is 15.7. The fourth-order valence-corrected chi connectivity index (χ4v) is 3.10. The van der Waals surface area contributed by atoms with Gasteiger partial charge in [0, 0.05) is 26.2 Å². The van der Waals surface area contributed by atoms with Crippen LogP contribution >= 0.6 is 0 Å². The van der Waals surface area contributed by atoms with E-state index in [1.807, 2.05) is 30.3 Å². The maximum atomic E-state index is 10.2.